The second kappa shape index (κ2) is 6.62. The van der Waals surface area contributed by atoms with Gasteiger partial charge in [-0.3, -0.25) is 4.90 Å². The number of phenolic OH excluding ortho intramolecular Hbond substituents is 1. The summed E-state index contributed by atoms with van der Waals surface area (Å²) in [5, 5.41) is 9.81. The fourth-order valence-corrected chi connectivity index (χ4v) is 1.91. The van der Waals surface area contributed by atoms with Gasteiger partial charge in [0.15, 0.2) is 0 Å². The van der Waals surface area contributed by atoms with E-state index in [0.29, 0.717) is 5.75 Å². The highest BCUT2D eigenvalue weighted by Crippen LogP contribution is 2.26. The van der Waals surface area contributed by atoms with Crippen molar-refractivity contribution in [3.05, 3.63) is 29.8 Å². The predicted octanol–water partition coefficient (Wildman–Crippen LogP) is 2.34. The SMILES string of the molecule is CC(c1ccccc1O)N(C)CCCN(C)C. The maximum atomic E-state index is 9.81. The average molecular weight is 236 g/mol. The molecule has 96 valence electrons. The van der Waals surface area contributed by atoms with Crippen LogP contribution in [0, 0.1) is 0 Å². The molecule has 1 atom stereocenters. The van der Waals surface area contributed by atoms with Crippen LogP contribution in [0.15, 0.2) is 24.3 Å². The average Bonchev–Trinajstić information content (AvgIpc) is 2.28. The van der Waals surface area contributed by atoms with Gasteiger partial charge in [-0.05, 0) is 53.6 Å². The first kappa shape index (κ1) is 14.0. The molecule has 17 heavy (non-hydrogen) atoms. The van der Waals surface area contributed by atoms with Crippen molar-refractivity contribution < 1.29 is 5.11 Å². The highest BCUT2D eigenvalue weighted by molar-refractivity contribution is 5.34. The number of phenols is 1. The molecule has 3 heteroatoms. The maximum Gasteiger partial charge on any atom is 0.120 e. The van der Waals surface area contributed by atoms with E-state index in [1.54, 1.807) is 6.07 Å². The largest absolute Gasteiger partial charge is 0.508 e. The first-order chi connectivity index (χ1) is 8.02. The maximum absolute atomic E-state index is 9.81. The van der Waals surface area contributed by atoms with Crippen LogP contribution in [0.1, 0.15) is 24.9 Å². The van der Waals surface area contributed by atoms with Gasteiger partial charge < -0.3 is 10.0 Å². The van der Waals surface area contributed by atoms with Crippen LogP contribution in [0.25, 0.3) is 0 Å². The van der Waals surface area contributed by atoms with Crippen LogP contribution >= 0.6 is 0 Å². The van der Waals surface area contributed by atoms with Crippen LogP contribution in [-0.4, -0.2) is 49.1 Å². The summed E-state index contributed by atoms with van der Waals surface area (Å²) in [4.78, 5) is 4.47. The van der Waals surface area contributed by atoms with Crippen molar-refractivity contribution in [2.24, 2.45) is 0 Å². The Morgan fingerprint density at radius 3 is 2.35 bits per heavy atom. The lowest BCUT2D eigenvalue weighted by Crippen LogP contribution is -2.26. The van der Waals surface area contributed by atoms with Gasteiger partial charge in [-0.25, -0.2) is 0 Å². The van der Waals surface area contributed by atoms with Crippen LogP contribution in [0.5, 0.6) is 5.75 Å². The Labute approximate surface area is 105 Å². The summed E-state index contributed by atoms with van der Waals surface area (Å²) in [6.45, 7) is 4.26. The zero-order valence-electron chi connectivity index (χ0n) is 11.3. The molecular weight excluding hydrogens is 212 g/mol. The molecule has 0 aliphatic carbocycles. The standard InChI is InChI=1S/C14H24N2O/c1-12(13-8-5-6-9-14(13)17)16(4)11-7-10-15(2)3/h5-6,8-9,12,17H,7,10-11H2,1-4H3. The van der Waals surface area contributed by atoms with Gasteiger partial charge in [-0.15, -0.1) is 0 Å². The van der Waals surface area contributed by atoms with E-state index in [9.17, 15) is 5.11 Å². The highest BCUT2D eigenvalue weighted by atomic mass is 16.3. The van der Waals surface area contributed by atoms with Crippen LogP contribution in [0.2, 0.25) is 0 Å². The predicted molar refractivity (Wildman–Crippen MR) is 72.3 cm³/mol. The molecule has 0 aromatic heterocycles. The minimum absolute atomic E-state index is 0.248. The van der Waals surface area contributed by atoms with Gasteiger partial charge in [-0.1, -0.05) is 18.2 Å². The van der Waals surface area contributed by atoms with E-state index in [1.165, 1.54) is 0 Å². The number of nitrogens with zero attached hydrogens (tertiary/aromatic N) is 2. The number of hydrogen-bond donors (Lipinski definition) is 1. The number of rotatable bonds is 6. The Hall–Kier alpha value is -1.06. The van der Waals surface area contributed by atoms with Crippen molar-refractivity contribution in [2.75, 3.05) is 34.2 Å². The van der Waals surface area contributed by atoms with E-state index < -0.39 is 0 Å². The molecule has 1 N–H and O–H groups in total. The Morgan fingerprint density at radius 2 is 1.76 bits per heavy atom. The monoisotopic (exact) mass is 236 g/mol. The van der Waals surface area contributed by atoms with Crippen molar-refractivity contribution in [3.63, 3.8) is 0 Å². The molecule has 0 saturated heterocycles. The zero-order valence-corrected chi connectivity index (χ0v) is 11.3. The number of benzene rings is 1. The van der Waals surface area contributed by atoms with Crippen LogP contribution < -0.4 is 0 Å². The number of para-hydroxylation sites is 1. The van der Waals surface area contributed by atoms with Gasteiger partial charge >= 0.3 is 0 Å². The second-order valence-corrected chi connectivity index (χ2v) is 4.87. The van der Waals surface area contributed by atoms with E-state index in [1.807, 2.05) is 18.2 Å². The minimum Gasteiger partial charge on any atom is -0.508 e. The minimum atomic E-state index is 0.248. The van der Waals surface area contributed by atoms with E-state index in [4.69, 9.17) is 0 Å². The third-order valence-corrected chi connectivity index (χ3v) is 3.16. The van der Waals surface area contributed by atoms with Crippen LogP contribution in [-0.2, 0) is 0 Å². The molecule has 0 aliphatic rings. The van der Waals surface area contributed by atoms with Gasteiger partial charge in [0.05, 0.1) is 0 Å². The fourth-order valence-electron chi connectivity index (χ4n) is 1.91. The lowest BCUT2D eigenvalue weighted by Gasteiger charge is -2.26. The summed E-state index contributed by atoms with van der Waals surface area (Å²) in [5.74, 6) is 0.388. The van der Waals surface area contributed by atoms with Crippen molar-refractivity contribution in [1.82, 2.24) is 9.80 Å². The quantitative estimate of drug-likeness (QED) is 0.821. The van der Waals surface area contributed by atoms with E-state index in [-0.39, 0.29) is 6.04 Å². The molecule has 3 nitrogen and oxygen atoms in total. The van der Waals surface area contributed by atoms with Gasteiger partial charge in [0, 0.05) is 11.6 Å². The molecular formula is C14H24N2O. The smallest absolute Gasteiger partial charge is 0.120 e. The first-order valence-electron chi connectivity index (χ1n) is 6.15. The Morgan fingerprint density at radius 1 is 1.12 bits per heavy atom. The van der Waals surface area contributed by atoms with Gasteiger partial charge in [-0.2, -0.15) is 0 Å². The summed E-state index contributed by atoms with van der Waals surface area (Å²) in [5.41, 5.74) is 1.000. The molecule has 1 aromatic rings. The molecule has 0 aliphatic heterocycles. The van der Waals surface area contributed by atoms with Gasteiger partial charge in [0.2, 0.25) is 0 Å². The van der Waals surface area contributed by atoms with E-state index in [0.717, 1.165) is 25.1 Å². The summed E-state index contributed by atoms with van der Waals surface area (Å²) in [6, 6.07) is 7.82. The molecule has 0 fully saturated rings. The lowest BCUT2D eigenvalue weighted by atomic mass is 10.1. The summed E-state index contributed by atoms with van der Waals surface area (Å²) >= 11 is 0. The summed E-state index contributed by atoms with van der Waals surface area (Å²) < 4.78 is 0. The normalized spacial score (nSPS) is 13.3. The third-order valence-electron chi connectivity index (χ3n) is 3.16. The number of hydrogen-bond acceptors (Lipinski definition) is 3. The van der Waals surface area contributed by atoms with E-state index in [2.05, 4.69) is 37.9 Å². The molecule has 0 radical (unpaired) electrons. The zero-order chi connectivity index (χ0) is 12.8. The molecule has 0 bridgehead atoms. The van der Waals surface area contributed by atoms with Crippen molar-refractivity contribution in [2.45, 2.75) is 19.4 Å². The molecule has 1 unspecified atom stereocenters. The topological polar surface area (TPSA) is 26.7 Å². The van der Waals surface area contributed by atoms with Crippen molar-refractivity contribution in [3.8, 4) is 5.75 Å². The Bertz CT molecular complexity index is 339. The highest BCUT2D eigenvalue weighted by Gasteiger charge is 2.14. The molecule has 1 rings (SSSR count). The van der Waals surface area contributed by atoms with Crippen molar-refractivity contribution >= 4 is 0 Å². The molecule has 0 heterocycles. The summed E-state index contributed by atoms with van der Waals surface area (Å²) in [7, 11) is 6.28. The molecule has 0 spiro atoms. The first-order valence-corrected chi connectivity index (χ1v) is 6.15. The van der Waals surface area contributed by atoms with Gasteiger partial charge in [0.1, 0.15) is 5.75 Å². The van der Waals surface area contributed by atoms with Crippen LogP contribution in [0.4, 0.5) is 0 Å². The molecule has 1 aromatic carbocycles. The van der Waals surface area contributed by atoms with Crippen molar-refractivity contribution in [1.29, 1.82) is 0 Å². The number of aromatic hydroxyl groups is 1. The Kier molecular flexibility index (Phi) is 5.45. The third kappa shape index (κ3) is 4.36. The Balaban J connectivity index is 2.52. The fraction of sp³-hybridized carbons (Fsp3) is 0.571. The van der Waals surface area contributed by atoms with Crippen LogP contribution in [0.3, 0.4) is 0 Å². The lowest BCUT2D eigenvalue weighted by molar-refractivity contribution is 0.240. The van der Waals surface area contributed by atoms with Gasteiger partial charge in [0.25, 0.3) is 0 Å². The van der Waals surface area contributed by atoms with E-state index >= 15 is 0 Å². The molecule has 0 saturated carbocycles. The second-order valence-electron chi connectivity index (χ2n) is 4.87. The molecule has 0 amide bonds. The summed E-state index contributed by atoms with van der Waals surface area (Å²) in [6.07, 6.45) is 1.14.